The molecule has 1 aliphatic heterocycles. The Labute approximate surface area is 182 Å². The number of hydrogen-bond acceptors (Lipinski definition) is 3. The first-order chi connectivity index (χ1) is 12.5. The highest BCUT2D eigenvalue weighted by Gasteiger charge is 2.14. The molecule has 0 saturated carbocycles. The van der Waals surface area contributed by atoms with Gasteiger partial charge in [0.2, 0.25) is 0 Å². The van der Waals surface area contributed by atoms with Crippen molar-refractivity contribution in [2.24, 2.45) is 12.0 Å². The molecule has 0 radical (unpaired) electrons. The summed E-state index contributed by atoms with van der Waals surface area (Å²) in [5.41, 5.74) is 3.72. The van der Waals surface area contributed by atoms with E-state index in [4.69, 9.17) is 4.99 Å². The molecule has 0 bridgehead atoms. The van der Waals surface area contributed by atoms with E-state index >= 15 is 0 Å². The zero-order valence-corrected chi connectivity index (χ0v) is 20.2. The summed E-state index contributed by atoms with van der Waals surface area (Å²) in [5, 5.41) is 11.4. The van der Waals surface area contributed by atoms with Gasteiger partial charge in [0.15, 0.2) is 5.96 Å². The molecule has 2 N–H and O–H groups in total. The number of aliphatic imine (C=N–C) groups is 1. The Morgan fingerprint density at radius 3 is 2.52 bits per heavy atom. The van der Waals surface area contributed by atoms with E-state index < -0.39 is 0 Å². The summed E-state index contributed by atoms with van der Waals surface area (Å²) in [6.45, 7) is 14.1. The van der Waals surface area contributed by atoms with Gasteiger partial charge >= 0.3 is 0 Å². The lowest BCUT2D eigenvalue weighted by atomic mass is 10.1. The Bertz CT molecular complexity index is 577. The molecule has 1 atom stereocenters. The first-order valence-corrected chi connectivity index (χ1v) is 10.3. The number of aryl methyl sites for hydroxylation is 2. The third-order valence-electron chi connectivity index (χ3n) is 5.25. The van der Waals surface area contributed by atoms with E-state index in [1.807, 2.05) is 11.7 Å². The minimum absolute atomic E-state index is 0. The van der Waals surface area contributed by atoms with Gasteiger partial charge in [-0.2, -0.15) is 5.10 Å². The Hall–Kier alpha value is -0.830. The molecule has 0 amide bonds. The van der Waals surface area contributed by atoms with Crippen LogP contribution in [0.3, 0.4) is 0 Å². The molecule has 1 saturated heterocycles. The van der Waals surface area contributed by atoms with Crippen molar-refractivity contribution in [2.45, 2.75) is 65.8 Å². The highest BCUT2D eigenvalue weighted by Crippen LogP contribution is 2.14. The van der Waals surface area contributed by atoms with Gasteiger partial charge in [-0.05, 0) is 85.0 Å². The number of aromatic nitrogens is 2. The number of nitrogens with zero attached hydrogens (tertiary/aromatic N) is 4. The summed E-state index contributed by atoms with van der Waals surface area (Å²) in [6.07, 6.45) is 6.11. The van der Waals surface area contributed by atoms with Crippen molar-refractivity contribution in [2.75, 3.05) is 32.7 Å². The zero-order chi connectivity index (χ0) is 18.9. The van der Waals surface area contributed by atoms with Crippen LogP contribution < -0.4 is 10.6 Å². The largest absolute Gasteiger partial charge is 0.357 e. The molecule has 7 heteroatoms. The highest BCUT2D eigenvalue weighted by molar-refractivity contribution is 14.0. The minimum atomic E-state index is 0. The van der Waals surface area contributed by atoms with Gasteiger partial charge < -0.3 is 15.5 Å². The van der Waals surface area contributed by atoms with Gasteiger partial charge in [-0.15, -0.1) is 24.0 Å². The van der Waals surface area contributed by atoms with Gasteiger partial charge in [0.05, 0.1) is 5.69 Å². The number of unbranched alkanes of at least 4 members (excludes halogenated alkanes) is 1. The van der Waals surface area contributed by atoms with Gasteiger partial charge in [-0.3, -0.25) is 9.67 Å². The molecule has 1 aromatic rings. The van der Waals surface area contributed by atoms with E-state index in [1.165, 1.54) is 50.2 Å². The molecular formula is C20H39IN6. The second-order valence-electron chi connectivity index (χ2n) is 7.54. The highest BCUT2D eigenvalue weighted by atomic mass is 127. The number of nitrogens with one attached hydrogen (secondary N) is 2. The summed E-state index contributed by atoms with van der Waals surface area (Å²) in [4.78, 5) is 7.34. The average Bonchev–Trinajstić information content (AvgIpc) is 3.19. The summed E-state index contributed by atoms with van der Waals surface area (Å²) < 4.78 is 1.97. The molecule has 27 heavy (non-hydrogen) atoms. The van der Waals surface area contributed by atoms with Crippen LogP contribution in [-0.2, 0) is 13.5 Å². The number of halogens is 1. The minimum Gasteiger partial charge on any atom is -0.357 e. The van der Waals surface area contributed by atoms with Crippen molar-refractivity contribution < 1.29 is 0 Å². The van der Waals surface area contributed by atoms with E-state index in [-0.39, 0.29) is 24.0 Å². The van der Waals surface area contributed by atoms with Crippen LogP contribution in [-0.4, -0.2) is 59.4 Å². The Morgan fingerprint density at radius 1 is 1.22 bits per heavy atom. The molecule has 0 aromatic carbocycles. The first kappa shape index (κ1) is 24.2. The van der Waals surface area contributed by atoms with Crippen LogP contribution >= 0.6 is 24.0 Å². The normalized spacial score (nSPS) is 16.3. The van der Waals surface area contributed by atoms with Crippen molar-refractivity contribution in [1.82, 2.24) is 25.3 Å². The monoisotopic (exact) mass is 490 g/mol. The third-order valence-corrected chi connectivity index (χ3v) is 5.25. The van der Waals surface area contributed by atoms with Crippen molar-refractivity contribution in [3.8, 4) is 0 Å². The van der Waals surface area contributed by atoms with Crippen LogP contribution in [0.15, 0.2) is 4.99 Å². The lowest BCUT2D eigenvalue weighted by Gasteiger charge is -2.18. The lowest BCUT2D eigenvalue weighted by molar-refractivity contribution is 0.331. The Morgan fingerprint density at radius 2 is 1.93 bits per heavy atom. The summed E-state index contributed by atoms with van der Waals surface area (Å²) >= 11 is 0. The van der Waals surface area contributed by atoms with Gasteiger partial charge in [-0.25, -0.2) is 0 Å². The predicted molar refractivity (Wildman–Crippen MR) is 125 cm³/mol. The van der Waals surface area contributed by atoms with E-state index in [0.29, 0.717) is 6.04 Å². The smallest absolute Gasteiger partial charge is 0.191 e. The predicted octanol–water partition coefficient (Wildman–Crippen LogP) is 3.02. The second kappa shape index (κ2) is 12.6. The molecule has 1 unspecified atom stereocenters. The zero-order valence-electron chi connectivity index (χ0n) is 17.8. The van der Waals surface area contributed by atoms with Gasteiger partial charge in [0.1, 0.15) is 0 Å². The van der Waals surface area contributed by atoms with Crippen LogP contribution in [0.1, 0.15) is 56.5 Å². The summed E-state index contributed by atoms with van der Waals surface area (Å²) in [6, 6.07) is 0.319. The SMILES string of the molecule is CCNC(=NCCCCN1CCCC1)NC(C)Cc1c(C)nn(C)c1C.I. The molecule has 2 heterocycles. The Kier molecular flexibility index (Phi) is 11.3. The summed E-state index contributed by atoms with van der Waals surface area (Å²) in [7, 11) is 2.01. The molecule has 156 valence electrons. The fourth-order valence-electron chi connectivity index (χ4n) is 3.67. The maximum atomic E-state index is 4.76. The van der Waals surface area contributed by atoms with E-state index in [2.05, 4.69) is 48.3 Å². The molecule has 1 aliphatic rings. The standard InChI is InChI=1S/C20H38N6.HI/c1-6-21-20(22-11-7-8-12-26-13-9-10-14-26)23-16(2)15-19-17(3)24-25(5)18(19)4;/h16H,6-15H2,1-5H3,(H2,21,22,23);1H. The molecule has 1 aromatic heterocycles. The first-order valence-electron chi connectivity index (χ1n) is 10.3. The summed E-state index contributed by atoms with van der Waals surface area (Å²) in [5.74, 6) is 0.931. The quantitative estimate of drug-likeness (QED) is 0.242. The molecular weight excluding hydrogens is 451 g/mol. The number of guanidine groups is 1. The molecule has 2 rings (SSSR count). The average molecular weight is 490 g/mol. The fraction of sp³-hybridized carbons (Fsp3) is 0.800. The van der Waals surface area contributed by atoms with Gasteiger partial charge in [-0.1, -0.05) is 0 Å². The van der Waals surface area contributed by atoms with Crippen LogP contribution in [0.5, 0.6) is 0 Å². The molecule has 1 fully saturated rings. The number of hydrogen-bond donors (Lipinski definition) is 2. The van der Waals surface area contributed by atoms with Crippen LogP contribution in [0.2, 0.25) is 0 Å². The Balaban J connectivity index is 0.00000364. The van der Waals surface area contributed by atoms with Gasteiger partial charge in [0.25, 0.3) is 0 Å². The van der Waals surface area contributed by atoms with Crippen molar-refractivity contribution in [3.63, 3.8) is 0 Å². The third kappa shape index (κ3) is 7.97. The fourth-order valence-corrected chi connectivity index (χ4v) is 3.67. The van der Waals surface area contributed by atoms with Crippen molar-refractivity contribution in [1.29, 1.82) is 0 Å². The molecule has 6 nitrogen and oxygen atoms in total. The van der Waals surface area contributed by atoms with E-state index in [0.717, 1.165) is 37.6 Å². The number of rotatable bonds is 9. The number of likely N-dealkylation sites (tertiary alicyclic amines) is 1. The maximum Gasteiger partial charge on any atom is 0.191 e. The maximum absolute atomic E-state index is 4.76. The lowest BCUT2D eigenvalue weighted by Crippen LogP contribution is -2.43. The molecule has 0 spiro atoms. The van der Waals surface area contributed by atoms with Gasteiger partial charge in [0, 0.05) is 31.9 Å². The van der Waals surface area contributed by atoms with Crippen LogP contribution in [0.25, 0.3) is 0 Å². The topological polar surface area (TPSA) is 57.5 Å². The molecule has 0 aliphatic carbocycles. The van der Waals surface area contributed by atoms with Crippen molar-refractivity contribution in [3.05, 3.63) is 17.0 Å². The van der Waals surface area contributed by atoms with Crippen molar-refractivity contribution >= 4 is 29.9 Å². The van der Waals surface area contributed by atoms with Crippen LogP contribution in [0, 0.1) is 13.8 Å². The van der Waals surface area contributed by atoms with Crippen LogP contribution in [0.4, 0.5) is 0 Å². The van der Waals surface area contributed by atoms with E-state index in [9.17, 15) is 0 Å². The second-order valence-corrected chi connectivity index (χ2v) is 7.54. The van der Waals surface area contributed by atoms with E-state index in [1.54, 1.807) is 0 Å².